The minimum Gasteiger partial charge on any atom is -0.393 e. The molecule has 3 N–H and O–H groups in total. The largest absolute Gasteiger partial charge is 0.393 e. The van der Waals surface area contributed by atoms with E-state index in [4.69, 9.17) is 15.0 Å². The van der Waals surface area contributed by atoms with E-state index in [2.05, 4.69) is 56.2 Å². The summed E-state index contributed by atoms with van der Waals surface area (Å²) in [6, 6.07) is 9.52. The Balaban J connectivity index is 1.07. The second-order valence-corrected chi connectivity index (χ2v) is 12.6. The number of hydrogen-bond donors (Lipinski definition) is 3. The van der Waals surface area contributed by atoms with Gasteiger partial charge in [-0.25, -0.2) is 4.98 Å². The van der Waals surface area contributed by atoms with Gasteiger partial charge in [-0.15, -0.1) is 0 Å². The Hall–Kier alpha value is -2.75. The molecule has 208 valence electrons. The second-order valence-electron chi connectivity index (χ2n) is 12.6. The normalized spacial score (nSPS) is 25.6. The Labute approximate surface area is 231 Å². The molecule has 3 aromatic rings. The zero-order chi connectivity index (χ0) is 26.4. The van der Waals surface area contributed by atoms with Crippen molar-refractivity contribution in [3.05, 3.63) is 36.2 Å². The lowest BCUT2D eigenvalue weighted by molar-refractivity contribution is -0.115. The molecular formula is C30H42N8O. The second kappa shape index (κ2) is 10.3. The third-order valence-corrected chi connectivity index (χ3v) is 9.48. The number of benzene rings is 1. The summed E-state index contributed by atoms with van der Waals surface area (Å²) < 4.78 is 2.26. The number of aromatic nitrogens is 4. The van der Waals surface area contributed by atoms with Gasteiger partial charge in [-0.1, -0.05) is 31.9 Å². The lowest BCUT2D eigenvalue weighted by Crippen LogP contribution is -2.71. The first-order chi connectivity index (χ1) is 19.1. The molecule has 0 unspecified atom stereocenters. The third kappa shape index (κ3) is 5.12. The summed E-state index contributed by atoms with van der Waals surface area (Å²) in [6.07, 6.45) is 10.2. The van der Waals surface area contributed by atoms with Crippen LogP contribution in [0.2, 0.25) is 0 Å². The molecule has 0 radical (unpaired) electrons. The predicted molar refractivity (Wildman–Crippen MR) is 154 cm³/mol. The van der Waals surface area contributed by atoms with Gasteiger partial charge in [-0.2, -0.15) is 9.97 Å². The molecule has 9 nitrogen and oxygen atoms in total. The van der Waals surface area contributed by atoms with Crippen molar-refractivity contribution in [2.45, 2.75) is 83.0 Å². The van der Waals surface area contributed by atoms with E-state index in [-0.39, 0.29) is 12.1 Å². The number of rotatable bonds is 8. The van der Waals surface area contributed by atoms with Gasteiger partial charge in [0.05, 0.1) is 12.4 Å². The SMILES string of the molecule is CCN1CC2(C1)CN(Cc1ccc(Nc3nc(NC4CCC(O)CC4)nc4c3ncn4C3CCCC3)cc1)C2. The number of nitrogens with zero attached hydrogens (tertiary/aromatic N) is 6. The number of imidazole rings is 1. The van der Waals surface area contributed by atoms with Crippen molar-refractivity contribution in [1.29, 1.82) is 0 Å². The van der Waals surface area contributed by atoms with Crippen LogP contribution in [-0.2, 0) is 6.54 Å². The van der Waals surface area contributed by atoms with Crippen LogP contribution in [0.1, 0.15) is 69.9 Å². The van der Waals surface area contributed by atoms with Crippen molar-refractivity contribution in [3.8, 4) is 0 Å². The van der Waals surface area contributed by atoms with Crippen molar-refractivity contribution < 1.29 is 5.11 Å². The van der Waals surface area contributed by atoms with Gasteiger partial charge >= 0.3 is 0 Å². The Kier molecular flexibility index (Phi) is 6.69. The highest BCUT2D eigenvalue weighted by molar-refractivity contribution is 5.86. The summed E-state index contributed by atoms with van der Waals surface area (Å²) in [5.74, 6) is 1.39. The first-order valence-electron chi connectivity index (χ1n) is 15.1. The van der Waals surface area contributed by atoms with Crippen molar-refractivity contribution >= 4 is 28.6 Å². The van der Waals surface area contributed by atoms with E-state index in [0.717, 1.165) is 54.9 Å². The summed E-state index contributed by atoms with van der Waals surface area (Å²) in [7, 11) is 0. The Morgan fingerprint density at radius 3 is 2.36 bits per heavy atom. The van der Waals surface area contributed by atoms with Crippen molar-refractivity contribution in [2.24, 2.45) is 5.41 Å². The molecule has 0 atom stereocenters. The molecule has 2 saturated heterocycles. The van der Waals surface area contributed by atoms with E-state index in [1.54, 1.807) is 0 Å². The standard InChI is InChI=1S/C30H42N8O/c1-2-36-16-30(17-36)18-37(19-30)15-21-7-9-22(10-8-21)32-27-26-28(38(20-31-26)24-5-3-4-6-24)35-29(34-27)33-23-11-13-25(39)14-12-23/h7-10,20,23-25,39H,2-6,11-19H2,1H3,(H2,32,33,34,35). The summed E-state index contributed by atoms with van der Waals surface area (Å²) in [5.41, 5.74) is 4.66. The molecule has 2 aliphatic carbocycles. The van der Waals surface area contributed by atoms with Crippen LogP contribution in [0, 0.1) is 5.41 Å². The van der Waals surface area contributed by atoms with Gasteiger partial charge in [-0.3, -0.25) is 4.90 Å². The van der Waals surface area contributed by atoms with E-state index in [0.29, 0.717) is 17.4 Å². The zero-order valence-corrected chi connectivity index (χ0v) is 23.1. The molecule has 2 aliphatic heterocycles. The van der Waals surface area contributed by atoms with Gasteiger partial charge < -0.3 is 25.2 Å². The maximum atomic E-state index is 9.93. The fourth-order valence-corrected chi connectivity index (χ4v) is 7.35. The molecule has 4 fully saturated rings. The van der Waals surface area contributed by atoms with Crippen LogP contribution in [0.25, 0.3) is 11.2 Å². The van der Waals surface area contributed by atoms with Gasteiger partial charge in [0.25, 0.3) is 0 Å². The summed E-state index contributed by atoms with van der Waals surface area (Å²) in [6.45, 7) is 9.44. The maximum absolute atomic E-state index is 9.93. The van der Waals surface area contributed by atoms with Gasteiger partial charge in [0, 0.05) is 55.9 Å². The highest BCUT2D eigenvalue weighted by atomic mass is 16.3. The van der Waals surface area contributed by atoms with Gasteiger partial charge in [0.1, 0.15) is 0 Å². The number of likely N-dealkylation sites (tertiary alicyclic amines) is 2. The first-order valence-corrected chi connectivity index (χ1v) is 15.1. The van der Waals surface area contributed by atoms with Gasteiger partial charge in [-0.05, 0) is 62.8 Å². The van der Waals surface area contributed by atoms with Gasteiger partial charge in [0.2, 0.25) is 5.95 Å². The van der Waals surface area contributed by atoms with Crippen LogP contribution < -0.4 is 10.6 Å². The smallest absolute Gasteiger partial charge is 0.227 e. The first kappa shape index (κ1) is 25.2. The van der Waals surface area contributed by atoms with Crippen LogP contribution in [0.4, 0.5) is 17.5 Å². The van der Waals surface area contributed by atoms with Crippen LogP contribution in [0.15, 0.2) is 30.6 Å². The average Bonchev–Trinajstić information content (AvgIpc) is 3.57. The summed E-state index contributed by atoms with van der Waals surface area (Å²) >= 11 is 0. The molecule has 2 saturated carbocycles. The molecular weight excluding hydrogens is 488 g/mol. The molecule has 7 rings (SSSR count). The molecule has 9 heteroatoms. The van der Waals surface area contributed by atoms with E-state index in [9.17, 15) is 5.11 Å². The van der Waals surface area contributed by atoms with Crippen LogP contribution in [0.5, 0.6) is 0 Å². The van der Waals surface area contributed by atoms with Crippen LogP contribution in [0.3, 0.4) is 0 Å². The Morgan fingerprint density at radius 1 is 0.923 bits per heavy atom. The Bertz CT molecular complexity index is 1280. The fourth-order valence-electron chi connectivity index (χ4n) is 7.35. The van der Waals surface area contributed by atoms with Crippen LogP contribution >= 0.6 is 0 Å². The lowest BCUT2D eigenvalue weighted by Gasteiger charge is -2.60. The van der Waals surface area contributed by atoms with Gasteiger partial charge in [0.15, 0.2) is 17.0 Å². The molecule has 2 aromatic heterocycles. The zero-order valence-electron chi connectivity index (χ0n) is 23.1. The quantitative estimate of drug-likeness (QED) is 0.391. The van der Waals surface area contributed by atoms with E-state index in [1.165, 1.54) is 64.0 Å². The minimum atomic E-state index is -0.178. The van der Waals surface area contributed by atoms with Crippen LogP contribution in [-0.4, -0.2) is 79.3 Å². The molecule has 1 aromatic carbocycles. The number of aliphatic hydroxyl groups is 1. The molecule has 1 spiro atoms. The summed E-state index contributed by atoms with van der Waals surface area (Å²) in [4.78, 5) is 19.7. The molecule has 39 heavy (non-hydrogen) atoms. The lowest BCUT2D eigenvalue weighted by atomic mass is 9.73. The average molecular weight is 531 g/mol. The highest BCUT2D eigenvalue weighted by Crippen LogP contribution is 2.40. The third-order valence-electron chi connectivity index (χ3n) is 9.48. The van der Waals surface area contributed by atoms with Crippen molar-refractivity contribution in [2.75, 3.05) is 43.4 Å². The van der Waals surface area contributed by atoms with Crippen molar-refractivity contribution in [1.82, 2.24) is 29.3 Å². The summed E-state index contributed by atoms with van der Waals surface area (Å²) in [5, 5.41) is 17.1. The maximum Gasteiger partial charge on any atom is 0.227 e. The van der Waals surface area contributed by atoms with E-state index in [1.807, 2.05) is 6.33 Å². The predicted octanol–water partition coefficient (Wildman–Crippen LogP) is 4.54. The molecule has 4 aliphatic rings. The molecule has 0 amide bonds. The number of hydrogen-bond acceptors (Lipinski definition) is 8. The van der Waals surface area contributed by atoms with E-state index < -0.39 is 0 Å². The van der Waals surface area contributed by atoms with E-state index >= 15 is 0 Å². The molecule has 0 bridgehead atoms. The number of fused-ring (bicyclic) bond motifs is 1. The Morgan fingerprint density at radius 2 is 1.64 bits per heavy atom. The highest BCUT2D eigenvalue weighted by Gasteiger charge is 2.50. The monoisotopic (exact) mass is 530 g/mol. The minimum absolute atomic E-state index is 0.178. The van der Waals surface area contributed by atoms with Crippen molar-refractivity contribution in [3.63, 3.8) is 0 Å². The number of aliphatic hydroxyl groups excluding tert-OH is 1. The fraction of sp³-hybridized carbons (Fsp3) is 0.633. The number of nitrogens with one attached hydrogen (secondary N) is 2. The number of anilines is 3. The molecule has 4 heterocycles. The topological polar surface area (TPSA) is 94.4 Å².